The van der Waals surface area contributed by atoms with Crippen LogP contribution >= 0.6 is 23.7 Å². The van der Waals surface area contributed by atoms with Gasteiger partial charge in [0.05, 0.1) is 0 Å². The molecular formula is C18H18ClNOS. The van der Waals surface area contributed by atoms with Crippen LogP contribution in [0.25, 0.3) is 0 Å². The molecule has 4 atom stereocenters. The Labute approximate surface area is 140 Å². The normalized spacial score (nSPS) is 35.9. The number of fused-ring (bicyclic) bond motifs is 2. The summed E-state index contributed by atoms with van der Waals surface area (Å²) in [6.45, 7) is 1.13. The highest BCUT2D eigenvalue weighted by molar-refractivity contribution is 7.10. The van der Waals surface area contributed by atoms with Gasteiger partial charge in [0.1, 0.15) is 11.9 Å². The summed E-state index contributed by atoms with van der Waals surface area (Å²) in [4.78, 5) is 1.50. The van der Waals surface area contributed by atoms with Crippen molar-refractivity contribution in [2.24, 2.45) is 5.92 Å². The summed E-state index contributed by atoms with van der Waals surface area (Å²) in [7, 11) is 0. The average Bonchev–Trinajstić information content (AvgIpc) is 3.06. The number of ether oxygens (including phenoxy) is 1. The van der Waals surface area contributed by atoms with Crippen LogP contribution in [0.15, 0.2) is 29.6 Å². The molecule has 6 rings (SSSR count). The Bertz CT molecular complexity index is 772. The first-order valence-electron chi connectivity index (χ1n) is 7.96. The lowest BCUT2D eigenvalue weighted by Gasteiger charge is -2.54. The van der Waals surface area contributed by atoms with Crippen LogP contribution in [-0.4, -0.2) is 12.6 Å². The number of benzene rings is 1. The highest BCUT2D eigenvalue weighted by atomic mass is 35.5. The predicted molar refractivity (Wildman–Crippen MR) is 90.4 cm³/mol. The van der Waals surface area contributed by atoms with E-state index in [1.54, 1.807) is 5.56 Å². The molecule has 114 valence electrons. The van der Waals surface area contributed by atoms with Gasteiger partial charge in [-0.1, -0.05) is 12.1 Å². The third-order valence-electron chi connectivity index (χ3n) is 6.28. The predicted octanol–water partition coefficient (Wildman–Crippen LogP) is 3.63. The Balaban J connectivity index is 0.00000113. The molecule has 0 saturated carbocycles. The summed E-state index contributed by atoms with van der Waals surface area (Å²) >= 11 is 1.90. The molecule has 1 fully saturated rings. The van der Waals surface area contributed by atoms with E-state index >= 15 is 0 Å². The Kier molecular flexibility index (Phi) is 2.61. The van der Waals surface area contributed by atoms with Gasteiger partial charge in [0.15, 0.2) is 0 Å². The van der Waals surface area contributed by atoms with Crippen molar-refractivity contribution in [2.45, 2.75) is 36.8 Å². The van der Waals surface area contributed by atoms with Crippen molar-refractivity contribution in [3.05, 3.63) is 51.2 Å². The summed E-state index contributed by atoms with van der Waals surface area (Å²) in [5, 5.41) is 6.05. The Hall–Kier alpha value is -1.03. The first-order chi connectivity index (χ1) is 10.4. The molecule has 1 aromatic carbocycles. The van der Waals surface area contributed by atoms with E-state index in [9.17, 15) is 0 Å². The second kappa shape index (κ2) is 4.28. The van der Waals surface area contributed by atoms with Crippen LogP contribution in [0.1, 0.15) is 34.1 Å². The summed E-state index contributed by atoms with van der Waals surface area (Å²) in [5.74, 6) is 1.87. The molecule has 2 aliphatic carbocycles. The maximum absolute atomic E-state index is 6.55. The fourth-order valence-corrected chi connectivity index (χ4v) is 6.63. The van der Waals surface area contributed by atoms with Gasteiger partial charge in [-0.3, -0.25) is 0 Å². The van der Waals surface area contributed by atoms with Gasteiger partial charge in [-0.2, -0.15) is 0 Å². The highest BCUT2D eigenvalue weighted by Gasteiger charge is 2.63. The Morgan fingerprint density at radius 3 is 3.09 bits per heavy atom. The lowest BCUT2D eigenvalue weighted by atomic mass is 9.52. The summed E-state index contributed by atoms with van der Waals surface area (Å²) in [6, 6.07) is 9.64. The third-order valence-corrected chi connectivity index (χ3v) is 7.28. The number of nitrogens with one attached hydrogen (secondary N) is 1. The molecule has 1 aromatic heterocycles. The molecule has 3 heterocycles. The van der Waals surface area contributed by atoms with Crippen molar-refractivity contribution in [2.75, 3.05) is 6.54 Å². The first-order valence-corrected chi connectivity index (χ1v) is 8.84. The zero-order chi connectivity index (χ0) is 13.6. The molecule has 1 N–H and O–H groups in total. The van der Waals surface area contributed by atoms with E-state index < -0.39 is 0 Å². The van der Waals surface area contributed by atoms with Crippen molar-refractivity contribution in [1.29, 1.82) is 0 Å². The van der Waals surface area contributed by atoms with Gasteiger partial charge >= 0.3 is 0 Å². The number of hydrogen-bond donors (Lipinski definition) is 1. The SMILES string of the molecule is Cl.c1cc2c3c(c1)OC1c4sccc4CC4C(C2)NCCC314. The van der Waals surface area contributed by atoms with E-state index in [1.165, 1.54) is 41.0 Å². The molecule has 4 unspecified atom stereocenters. The minimum absolute atomic E-state index is 0. The summed E-state index contributed by atoms with van der Waals surface area (Å²) in [5.41, 5.74) is 4.88. The second-order valence-electron chi connectivity index (χ2n) is 6.96. The molecule has 2 bridgehead atoms. The molecule has 1 saturated heterocycles. The van der Waals surface area contributed by atoms with Gasteiger partial charge in [0, 0.05) is 21.9 Å². The number of piperidine rings is 1. The van der Waals surface area contributed by atoms with Crippen molar-refractivity contribution in [3.63, 3.8) is 0 Å². The third kappa shape index (κ3) is 1.33. The van der Waals surface area contributed by atoms with Gasteiger partial charge in [-0.05, 0) is 60.4 Å². The van der Waals surface area contributed by atoms with Crippen LogP contribution < -0.4 is 10.1 Å². The average molecular weight is 332 g/mol. The van der Waals surface area contributed by atoms with Crippen LogP contribution in [0.5, 0.6) is 5.75 Å². The molecule has 2 aliphatic heterocycles. The fraction of sp³-hybridized carbons (Fsp3) is 0.444. The van der Waals surface area contributed by atoms with Crippen molar-refractivity contribution < 1.29 is 4.74 Å². The monoisotopic (exact) mass is 331 g/mol. The number of rotatable bonds is 0. The van der Waals surface area contributed by atoms with Crippen LogP contribution in [0.2, 0.25) is 0 Å². The van der Waals surface area contributed by atoms with Crippen LogP contribution in [0.4, 0.5) is 0 Å². The largest absolute Gasteiger partial charge is 0.484 e. The number of hydrogen-bond acceptors (Lipinski definition) is 3. The molecule has 4 heteroatoms. The summed E-state index contributed by atoms with van der Waals surface area (Å²) in [6.07, 6.45) is 3.89. The maximum atomic E-state index is 6.55. The minimum Gasteiger partial charge on any atom is -0.484 e. The Morgan fingerprint density at radius 2 is 2.14 bits per heavy atom. The van der Waals surface area contributed by atoms with E-state index in [-0.39, 0.29) is 23.9 Å². The summed E-state index contributed by atoms with van der Waals surface area (Å²) < 4.78 is 6.55. The van der Waals surface area contributed by atoms with E-state index in [0.717, 1.165) is 6.54 Å². The lowest BCUT2D eigenvalue weighted by Crippen LogP contribution is -2.61. The van der Waals surface area contributed by atoms with Crippen LogP contribution in [0, 0.1) is 5.92 Å². The quantitative estimate of drug-likeness (QED) is 0.796. The molecule has 1 spiro atoms. The molecule has 2 aromatic rings. The van der Waals surface area contributed by atoms with Gasteiger partial charge in [-0.25, -0.2) is 0 Å². The number of thiophene rings is 1. The van der Waals surface area contributed by atoms with Crippen LogP contribution in [-0.2, 0) is 18.3 Å². The Morgan fingerprint density at radius 1 is 1.18 bits per heavy atom. The van der Waals surface area contributed by atoms with Gasteiger partial charge in [0.2, 0.25) is 0 Å². The zero-order valence-corrected chi connectivity index (χ0v) is 13.8. The molecule has 0 amide bonds. The lowest BCUT2D eigenvalue weighted by molar-refractivity contribution is 0.0309. The first kappa shape index (κ1) is 13.4. The van der Waals surface area contributed by atoms with E-state index in [2.05, 4.69) is 35.0 Å². The molecule has 4 aliphatic rings. The minimum atomic E-state index is 0. The van der Waals surface area contributed by atoms with Gasteiger partial charge in [0.25, 0.3) is 0 Å². The highest BCUT2D eigenvalue weighted by Crippen LogP contribution is 2.65. The number of halogens is 1. The zero-order valence-electron chi connectivity index (χ0n) is 12.2. The topological polar surface area (TPSA) is 21.3 Å². The fourth-order valence-electron chi connectivity index (χ4n) is 5.57. The second-order valence-corrected chi connectivity index (χ2v) is 7.91. The van der Waals surface area contributed by atoms with Crippen molar-refractivity contribution in [3.8, 4) is 5.75 Å². The van der Waals surface area contributed by atoms with Gasteiger partial charge < -0.3 is 10.1 Å². The molecule has 22 heavy (non-hydrogen) atoms. The van der Waals surface area contributed by atoms with E-state index in [1.807, 2.05) is 11.3 Å². The van der Waals surface area contributed by atoms with Crippen molar-refractivity contribution in [1.82, 2.24) is 5.32 Å². The van der Waals surface area contributed by atoms with E-state index in [4.69, 9.17) is 4.74 Å². The van der Waals surface area contributed by atoms with Gasteiger partial charge in [-0.15, -0.1) is 23.7 Å². The smallest absolute Gasteiger partial charge is 0.143 e. The molecule has 0 radical (unpaired) electrons. The molecular weight excluding hydrogens is 314 g/mol. The van der Waals surface area contributed by atoms with E-state index in [0.29, 0.717) is 12.0 Å². The maximum Gasteiger partial charge on any atom is 0.143 e. The van der Waals surface area contributed by atoms with Crippen molar-refractivity contribution >= 4 is 23.7 Å². The molecule has 2 nitrogen and oxygen atoms in total. The van der Waals surface area contributed by atoms with Crippen LogP contribution in [0.3, 0.4) is 0 Å². The standard InChI is InChI=1S/C18H17NOS.ClH/c1-2-10-9-13-12-8-11-4-7-21-16(11)17-18(12,5-6-19-13)15(10)14(3-1)20-17;/h1-4,7,12-13,17,19H,5-6,8-9H2;1H.